The molecule has 0 atom stereocenters. The maximum absolute atomic E-state index is 12.2. The lowest BCUT2D eigenvalue weighted by Gasteiger charge is -2.17. The van der Waals surface area contributed by atoms with Crippen molar-refractivity contribution in [3.8, 4) is 11.4 Å². The van der Waals surface area contributed by atoms with Gasteiger partial charge in [-0.3, -0.25) is 9.36 Å². The zero-order valence-electron chi connectivity index (χ0n) is 15.3. The van der Waals surface area contributed by atoms with Crippen LogP contribution in [0.5, 0.6) is 5.75 Å². The average Bonchev–Trinajstić information content (AvgIpc) is 3.46. The molecule has 1 amide bonds. The minimum Gasteiger partial charge on any atom is -0.508 e. The van der Waals surface area contributed by atoms with E-state index in [-0.39, 0.29) is 17.1 Å². The summed E-state index contributed by atoms with van der Waals surface area (Å²) in [6, 6.07) is 11.0. The number of rotatable bonds is 3. The van der Waals surface area contributed by atoms with Gasteiger partial charge in [-0.25, -0.2) is 9.97 Å². The number of para-hydroxylation sites is 2. The third-order valence-electron chi connectivity index (χ3n) is 5.42. The summed E-state index contributed by atoms with van der Waals surface area (Å²) in [5, 5.41) is 10.4. The molecule has 1 aliphatic rings. The van der Waals surface area contributed by atoms with Crippen LogP contribution in [0.15, 0.2) is 36.4 Å². The van der Waals surface area contributed by atoms with Gasteiger partial charge in [0.05, 0.1) is 16.7 Å². The number of nitrogen functional groups attached to an aromatic ring is 1. The van der Waals surface area contributed by atoms with E-state index in [0.717, 1.165) is 24.1 Å². The second-order valence-corrected chi connectivity index (χ2v) is 7.27. The second-order valence-electron chi connectivity index (χ2n) is 7.27. The number of phenols is 1. The largest absolute Gasteiger partial charge is 0.508 e. The summed E-state index contributed by atoms with van der Waals surface area (Å²) in [5.41, 5.74) is 16.9. The molecule has 7 heteroatoms. The monoisotopic (exact) mass is 373 g/mol. The van der Waals surface area contributed by atoms with E-state index in [1.165, 1.54) is 0 Å². The van der Waals surface area contributed by atoms with Crippen LogP contribution in [0.3, 0.4) is 0 Å². The van der Waals surface area contributed by atoms with Crippen molar-refractivity contribution in [2.75, 3.05) is 5.73 Å². The first-order valence-corrected chi connectivity index (χ1v) is 9.16. The molecule has 28 heavy (non-hydrogen) atoms. The standard InChI is InChI=1S/C21H19N5O2/c1-10-15(27)9-8-12(11-6-7-11)18(10)26-19(22)16(20(23)28)17-21(26)25-14-5-3-2-4-13(14)24-17/h2-5,8-9,11,27H,6-7,22H2,1H3,(H2,23,28). The van der Waals surface area contributed by atoms with Crippen molar-refractivity contribution in [1.82, 2.24) is 14.5 Å². The molecule has 0 radical (unpaired) electrons. The number of benzene rings is 2. The fourth-order valence-corrected chi connectivity index (χ4v) is 3.86. The summed E-state index contributed by atoms with van der Waals surface area (Å²) in [5.74, 6) is 0.0941. The van der Waals surface area contributed by atoms with E-state index in [4.69, 9.17) is 16.5 Å². The third kappa shape index (κ3) is 2.26. The van der Waals surface area contributed by atoms with Gasteiger partial charge in [-0.2, -0.15) is 0 Å². The van der Waals surface area contributed by atoms with Crippen molar-refractivity contribution >= 4 is 33.9 Å². The first-order valence-electron chi connectivity index (χ1n) is 9.16. The van der Waals surface area contributed by atoms with Crippen LogP contribution in [-0.4, -0.2) is 25.5 Å². The molecule has 5 N–H and O–H groups in total. The molecule has 2 aromatic carbocycles. The molecule has 1 fully saturated rings. The Hall–Kier alpha value is -3.61. The van der Waals surface area contributed by atoms with Crippen LogP contribution in [0.2, 0.25) is 0 Å². The Morgan fingerprint density at radius 1 is 1.14 bits per heavy atom. The first kappa shape index (κ1) is 16.6. The normalized spacial score (nSPS) is 14.0. The molecule has 7 nitrogen and oxygen atoms in total. The van der Waals surface area contributed by atoms with Gasteiger partial charge in [-0.1, -0.05) is 18.2 Å². The SMILES string of the molecule is Cc1c(O)ccc(C2CC2)c1-n1c(N)c(C(N)=O)c2nc3ccccc3nc21. The topological polar surface area (TPSA) is 120 Å². The Morgan fingerprint density at radius 2 is 1.82 bits per heavy atom. The van der Waals surface area contributed by atoms with Crippen molar-refractivity contribution < 1.29 is 9.90 Å². The molecular weight excluding hydrogens is 354 g/mol. The predicted molar refractivity (Wildman–Crippen MR) is 108 cm³/mol. The molecule has 2 aromatic heterocycles. The zero-order chi connectivity index (χ0) is 19.6. The molecule has 1 saturated carbocycles. The van der Waals surface area contributed by atoms with Crippen LogP contribution in [0.4, 0.5) is 5.82 Å². The number of anilines is 1. The number of aromatic nitrogens is 3. The molecular formula is C21H19N5O2. The molecule has 140 valence electrons. The Bertz CT molecular complexity index is 1290. The molecule has 0 spiro atoms. The molecule has 2 heterocycles. The van der Waals surface area contributed by atoms with Crippen molar-refractivity contribution in [3.05, 3.63) is 53.1 Å². The van der Waals surface area contributed by atoms with E-state index in [9.17, 15) is 9.90 Å². The number of hydrogen-bond acceptors (Lipinski definition) is 5. The number of carbonyl (C=O) groups is 1. The summed E-state index contributed by atoms with van der Waals surface area (Å²) < 4.78 is 1.72. The molecule has 0 unspecified atom stereocenters. The minimum absolute atomic E-state index is 0.151. The van der Waals surface area contributed by atoms with Crippen LogP contribution in [0.25, 0.3) is 27.9 Å². The Morgan fingerprint density at radius 3 is 2.46 bits per heavy atom. The van der Waals surface area contributed by atoms with Gasteiger partial charge in [-0.05, 0) is 49.4 Å². The summed E-state index contributed by atoms with van der Waals surface area (Å²) >= 11 is 0. The molecule has 1 aliphatic carbocycles. The second kappa shape index (κ2) is 5.69. The van der Waals surface area contributed by atoms with Crippen molar-refractivity contribution in [1.29, 1.82) is 0 Å². The Labute approximate surface area is 160 Å². The van der Waals surface area contributed by atoms with Gasteiger partial charge in [0, 0.05) is 5.56 Å². The summed E-state index contributed by atoms with van der Waals surface area (Å²) in [6.45, 7) is 1.83. The smallest absolute Gasteiger partial charge is 0.254 e. The summed E-state index contributed by atoms with van der Waals surface area (Å²) in [7, 11) is 0. The molecule has 4 aromatic rings. The number of nitrogens with two attached hydrogens (primary N) is 2. The maximum atomic E-state index is 12.2. The lowest BCUT2D eigenvalue weighted by molar-refractivity contribution is 0.100. The number of primary amides is 1. The van der Waals surface area contributed by atoms with Gasteiger partial charge >= 0.3 is 0 Å². The Kier molecular flexibility index (Phi) is 3.37. The molecule has 0 bridgehead atoms. The minimum atomic E-state index is -0.656. The number of aromatic hydroxyl groups is 1. The number of amides is 1. The van der Waals surface area contributed by atoms with Crippen molar-refractivity contribution in [2.24, 2.45) is 5.73 Å². The van der Waals surface area contributed by atoms with Crippen LogP contribution < -0.4 is 11.5 Å². The summed E-state index contributed by atoms with van der Waals surface area (Å²) in [4.78, 5) is 21.6. The quantitative estimate of drug-likeness (QED) is 0.509. The molecule has 0 saturated heterocycles. The fourth-order valence-electron chi connectivity index (χ4n) is 3.86. The third-order valence-corrected chi connectivity index (χ3v) is 5.42. The van der Waals surface area contributed by atoms with Crippen LogP contribution in [0.1, 0.15) is 40.2 Å². The van der Waals surface area contributed by atoms with Gasteiger partial charge in [0.15, 0.2) is 5.65 Å². The number of hydrogen-bond donors (Lipinski definition) is 3. The maximum Gasteiger partial charge on any atom is 0.254 e. The molecule has 5 rings (SSSR count). The van der Waals surface area contributed by atoms with E-state index in [0.29, 0.717) is 33.7 Å². The summed E-state index contributed by atoms with van der Waals surface area (Å²) in [6.07, 6.45) is 2.15. The van der Waals surface area contributed by atoms with Gasteiger partial charge in [0.1, 0.15) is 22.6 Å². The highest BCUT2D eigenvalue weighted by molar-refractivity contribution is 6.10. The van der Waals surface area contributed by atoms with Crippen LogP contribution in [0, 0.1) is 6.92 Å². The number of carbonyl (C=O) groups excluding carboxylic acids is 1. The Balaban J connectivity index is 1.96. The molecule has 0 aliphatic heterocycles. The van der Waals surface area contributed by atoms with Crippen LogP contribution in [-0.2, 0) is 0 Å². The highest BCUT2D eigenvalue weighted by Crippen LogP contribution is 2.46. The fraction of sp³-hybridized carbons (Fsp3) is 0.190. The zero-order valence-corrected chi connectivity index (χ0v) is 15.3. The number of phenolic OH excluding ortho intramolecular Hbond substituents is 1. The van der Waals surface area contributed by atoms with E-state index >= 15 is 0 Å². The average molecular weight is 373 g/mol. The van der Waals surface area contributed by atoms with Crippen LogP contribution >= 0.6 is 0 Å². The van der Waals surface area contributed by atoms with Gasteiger partial charge in [0.25, 0.3) is 5.91 Å². The van der Waals surface area contributed by atoms with Crippen molar-refractivity contribution in [3.63, 3.8) is 0 Å². The van der Waals surface area contributed by atoms with Crippen molar-refractivity contribution in [2.45, 2.75) is 25.7 Å². The van der Waals surface area contributed by atoms with E-state index in [1.807, 2.05) is 37.3 Å². The predicted octanol–water partition coefficient (Wildman–Crippen LogP) is 3.15. The van der Waals surface area contributed by atoms with E-state index in [1.54, 1.807) is 10.6 Å². The number of fused-ring (bicyclic) bond motifs is 2. The van der Waals surface area contributed by atoms with E-state index < -0.39 is 5.91 Å². The highest BCUT2D eigenvalue weighted by Gasteiger charge is 2.31. The van der Waals surface area contributed by atoms with Gasteiger partial charge in [-0.15, -0.1) is 0 Å². The number of nitrogens with zero attached hydrogens (tertiary/aromatic N) is 3. The van der Waals surface area contributed by atoms with Gasteiger partial charge in [0.2, 0.25) is 0 Å². The lowest BCUT2D eigenvalue weighted by atomic mass is 10.0. The van der Waals surface area contributed by atoms with E-state index in [2.05, 4.69) is 4.98 Å². The first-order chi connectivity index (χ1) is 13.5. The highest BCUT2D eigenvalue weighted by atomic mass is 16.3. The lowest BCUT2D eigenvalue weighted by Crippen LogP contribution is -2.14. The van der Waals surface area contributed by atoms with Gasteiger partial charge < -0.3 is 16.6 Å².